The summed E-state index contributed by atoms with van der Waals surface area (Å²) in [5.74, 6) is 0. The van der Waals surface area contributed by atoms with E-state index in [1.807, 2.05) is 13.0 Å². The minimum absolute atomic E-state index is 0.00463. The quantitative estimate of drug-likeness (QED) is 0.598. The third-order valence-electron chi connectivity index (χ3n) is 1.89. The molecule has 0 saturated heterocycles. The maximum Gasteiger partial charge on any atom is 0.124 e. The fraction of sp³-hybridized carbons (Fsp3) is 0.750. The smallest absolute Gasteiger partial charge is 0.124 e. The molecule has 0 N–H and O–H groups in total. The van der Waals surface area contributed by atoms with Gasteiger partial charge in [-0.15, -0.1) is 0 Å². The fourth-order valence-corrected chi connectivity index (χ4v) is 1.24. The molecule has 1 aliphatic heterocycles. The molecule has 0 radical (unpaired) electrons. The first kappa shape index (κ1) is 8.56. The van der Waals surface area contributed by atoms with Crippen molar-refractivity contribution in [2.24, 2.45) is 0 Å². The van der Waals surface area contributed by atoms with E-state index in [2.05, 4.69) is 0 Å². The minimum atomic E-state index is 0.00463. The van der Waals surface area contributed by atoms with E-state index >= 15 is 0 Å². The summed E-state index contributed by atoms with van der Waals surface area (Å²) < 4.78 is 15.6. The zero-order valence-corrected chi connectivity index (χ0v) is 7.11. The van der Waals surface area contributed by atoms with Gasteiger partial charge in [0.2, 0.25) is 0 Å². The molecular weight excluding hydrogens is 144 g/mol. The van der Waals surface area contributed by atoms with Crippen LogP contribution in [0.1, 0.15) is 6.92 Å². The van der Waals surface area contributed by atoms with Gasteiger partial charge >= 0.3 is 0 Å². The second-order valence-corrected chi connectivity index (χ2v) is 2.57. The van der Waals surface area contributed by atoms with Crippen LogP contribution in [0.5, 0.6) is 0 Å². The Morgan fingerprint density at radius 2 is 2.00 bits per heavy atom. The molecule has 3 atom stereocenters. The van der Waals surface area contributed by atoms with Crippen molar-refractivity contribution < 1.29 is 14.2 Å². The first-order valence-electron chi connectivity index (χ1n) is 3.67. The van der Waals surface area contributed by atoms with Crippen LogP contribution in [0.2, 0.25) is 0 Å². The van der Waals surface area contributed by atoms with E-state index in [1.165, 1.54) is 0 Å². The summed E-state index contributed by atoms with van der Waals surface area (Å²) in [6, 6.07) is 0. The van der Waals surface area contributed by atoms with Crippen molar-refractivity contribution in [2.45, 2.75) is 25.2 Å². The van der Waals surface area contributed by atoms with Gasteiger partial charge in [0.15, 0.2) is 0 Å². The molecular formula is C8H14O3. The van der Waals surface area contributed by atoms with Gasteiger partial charge in [-0.3, -0.25) is 0 Å². The molecule has 0 amide bonds. The molecule has 0 aromatic carbocycles. The fourth-order valence-electron chi connectivity index (χ4n) is 1.24. The maximum atomic E-state index is 5.23. The monoisotopic (exact) mass is 158 g/mol. The average Bonchev–Trinajstić information content (AvgIpc) is 2.04. The van der Waals surface area contributed by atoms with E-state index in [0.29, 0.717) is 0 Å². The van der Waals surface area contributed by atoms with Gasteiger partial charge in [-0.1, -0.05) is 0 Å². The highest BCUT2D eigenvalue weighted by molar-refractivity contribution is 4.97. The van der Waals surface area contributed by atoms with Crippen LogP contribution in [-0.4, -0.2) is 32.5 Å². The van der Waals surface area contributed by atoms with Crippen LogP contribution in [-0.2, 0) is 14.2 Å². The van der Waals surface area contributed by atoms with Gasteiger partial charge in [-0.2, -0.15) is 0 Å². The van der Waals surface area contributed by atoms with Crippen LogP contribution in [0.4, 0.5) is 0 Å². The normalized spacial score (nSPS) is 36.8. The summed E-state index contributed by atoms with van der Waals surface area (Å²) in [7, 11) is 3.33. The first-order chi connectivity index (χ1) is 5.29. The third kappa shape index (κ3) is 1.73. The summed E-state index contributed by atoms with van der Waals surface area (Å²) in [6.07, 6.45) is 3.60. The van der Waals surface area contributed by atoms with Gasteiger partial charge < -0.3 is 14.2 Å². The lowest BCUT2D eigenvalue weighted by atomic mass is 10.1. The molecule has 64 valence electrons. The average molecular weight is 158 g/mol. The van der Waals surface area contributed by atoms with E-state index < -0.39 is 0 Å². The Morgan fingerprint density at radius 1 is 1.27 bits per heavy atom. The highest BCUT2D eigenvalue weighted by atomic mass is 16.6. The number of methoxy groups -OCH3 is 2. The van der Waals surface area contributed by atoms with E-state index in [1.54, 1.807) is 20.5 Å². The highest BCUT2D eigenvalue weighted by Gasteiger charge is 2.28. The van der Waals surface area contributed by atoms with Crippen LogP contribution in [0, 0.1) is 0 Å². The van der Waals surface area contributed by atoms with E-state index in [9.17, 15) is 0 Å². The SMILES string of the molecule is CO[C@@H]1[C@H](C)OC=C[C@@H]1OC. The lowest BCUT2D eigenvalue weighted by molar-refractivity contribution is -0.0887. The van der Waals surface area contributed by atoms with Crippen LogP contribution >= 0.6 is 0 Å². The predicted octanol–water partition coefficient (Wildman–Crippen LogP) is 0.949. The van der Waals surface area contributed by atoms with Gasteiger partial charge in [0.25, 0.3) is 0 Å². The van der Waals surface area contributed by atoms with Gasteiger partial charge in [0.1, 0.15) is 18.3 Å². The molecule has 0 spiro atoms. The molecule has 1 heterocycles. The Hall–Kier alpha value is -0.540. The van der Waals surface area contributed by atoms with Gasteiger partial charge in [-0.25, -0.2) is 0 Å². The second-order valence-electron chi connectivity index (χ2n) is 2.57. The van der Waals surface area contributed by atoms with Crippen LogP contribution in [0.15, 0.2) is 12.3 Å². The summed E-state index contributed by atoms with van der Waals surface area (Å²) in [5, 5.41) is 0. The molecule has 0 saturated carbocycles. The molecule has 1 rings (SSSR count). The first-order valence-corrected chi connectivity index (χ1v) is 3.67. The summed E-state index contributed by atoms with van der Waals surface area (Å²) >= 11 is 0. The van der Waals surface area contributed by atoms with Crippen LogP contribution < -0.4 is 0 Å². The lowest BCUT2D eigenvalue weighted by Gasteiger charge is -2.30. The van der Waals surface area contributed by atoms with Crippen molar-refractivity contribution in [3.8, 4) is 0 Å². The molecule has 0 bridgehead atoms. The van der Waals surface area contributed by atoms with Crippen molar-refractivity contribution >= 4 is 0 Å². The third-order valence-corrected chi connectivity index (χ3v) is 1.89. The number of rotatable bonds is 2. The number of ether oxygens (including phenoxy) is 3. The van der Waals surface area contributed by atoms with E-state index in [-0.39, 0.29) is 18.3 Å². The van der Waals surface area contributed by atoms with Gasteiger partial charge in [0, 0.05) is 14.2 Å². The van der Waals surface area contributed by atoms with Crippen molar-refractivity contribution in [3.05, 3.63) is 12.3 Å². The molecule has 3 heteroatoms. The minimum Gasteiger partial charge on any atom is -0.496 e. The lowest BCUT2D eigenvalue weighted by Crippen LogP contribution is -2.40. The zero-order valence-electron chi connectivity index (χ0n) is 7.11. The Bertz CT molecular complexity index is 144. The molecule has 0 aromatic heterocycles. The summed E-state index contributed by atoms with van der Waals surface area (Å²) in [4.78, 5) is 0. The van der Waals surface area contributed by atoms with Crippen molar-refractivity contribution in [1.29, 1.82) is 0 Å². The molecule has 1 aliphatic rings. The topological polar surface area (TPSA) is 27.7 Å². The summed E-state index contributed by atoms with van der Waals surface area (Å²) in [5.41, 5.74) is 0. The van der Waals surface area contributed by atoms with Crippen molar-refractivity contribution in [1.82, 2.24) is 0 Å². The van der Waals surface area contributed by atoms with Crippen LogP contribution in [0.3, 0.4) is 0 Å². The van der Waals surface area contributed by atoms with Gasteiger partial charge in [-0.05, 0) is 13.0 Å². The zero-order chi connectivity index (χ0) is 8.27. The molecule has 0 aromatic rings. The van der Waals surface area contributed by atoms with Crippen molar-refractivity contribution in [3.63, 3.8) is 0 Å². The predicted molar refractivity (Wildman–Crippen MR) is 41.3 cm³/mol. The van der Waals surface area contributed by atoms with Gasteiger partial charge in [0.05, 0.1) is 6.26 Å². The molecule has 0 unspecified atom stereocenters. The molecule has 0 aliphatic carbocycles. The molecule has 11 heavy (non-hydrogen) atoms. The number of hydrogen-bond acceptors (Lipinski definition) is 3. The summed E-state index contributed by atoms with van der Waals surface area (Å²) in [6.45, 7) is 1.96. The molecule has 0 fully saturated rings. The standard InChI is InChI=1S/C8H14O3/c1-6-8(10-3)7(9-2)4-5-11-6/h4-8H,1-3H3/t6-,7-,8+/m0/s1. The Kier molecular flexibility index (Phi) is 2.91. The molecule has 3 nitrogen and oxygen atoms in total. The van der Waals surface area contributed by atoms with E-state index in [0.717, 1.165) is 0 Å². The Balaban J connectivity index is 2.61. The Morgan fingerprint density at radius 3 is 2.45 bits per heavy atom. The van der Waals surface area contributed by atoms with E-state index in [4.69, 9.17) is 14.2 Å². The largest absolute Gasteiger partial charge is 0.496 e. The Labute approximate surface area is 66.9 Å². The second kappa shape index (κ2) is 3.74. The van der Waals surface area contributed by atoms with Crippen LogP contribution in [0.25, 0.3) is 0 Å². The maximum absolute atomic E-state index is 5.23. The van der Waals surface area contributed by atoms with Crippen molar-refractivity contribution in [2.75, 3.05) is 14.2 Å². The highest BCUT2D eigenvalue weighted by Crippen LogP contribution is 2.16. The number of hydrogen-bond donors (Lipinski definition) is 0.